The van der Waals surface area contributed by atoms with Crippen molar-refractivity contribution in [3.63, 3.8) is 0 Å². The van der Waals surface area contributed by atoms with Crippen LogP contribution in [0.2, 0.25) is 0 Å². The molecule has 7 heteroatoms. The number of piperidine rings is 1. The maximum Gasteiger partial charge on any atom is 0.251 e. The van der Waals surface area contributed by atoms with Crippen LogP contribution in [0.3, 0.4) is 0 Å². The van der Waals surface area contributed by atoms with E-state index in [0.29, 0.717) is 18.5 Å². The van der Waals surface area contributed by atoms with E-state index in [1.54, 1.807) is 13.3 Å². The van der Waals surface area contributed by atoms with Gasteiger partial charge in [0.15, 0.2) is 0 Å². The van der Waals surface area contributed by atoms with Crippen LogP contribution in [0.1, 0.15) is 18.9 Å². The molecule has 1 aliphatic heterocycles. The Balaban J connectivity index is 1.82. The van der Waals surface area contributed by atoms with Crippen LogP contribution >= 0.6 is 0 Å². The average molecular weight is 286 g/mol. The van der Waals surface area contributed by atoms with Gasteiger partial charge < -0.3 is 4.74 Å². The van der Waals surface area contributed by atoms with Gasteiger partial charge >= 0.3 is 0 Å². The van der Waals surface area contributed by atoms with Gasteiger partial charge in [0, 0.05) is 12.0 Å². The highest BCUT2D eigenvalue weighted by molar-refractivity contribution is 5.99. The normalized spacial score (nSPS) is 18.4. The molecule has 1 aromatic heterocycles. The van der Waals surface area contributed by atoms with Gasteiger partial charge in [0.05, 0.1) is 13.3 Å². The van der Waals surface area contributed by atoms with Crippen molar-refractivity contribution in [3.05, 3.63) is 30.5 Å². The zero-order valence-electron chi connectivity index (χ0n) is 11.4. The number of benzene rings is 1. The minimum atomic E-state index is -0.484. The van der Waals surface area contributed by atoms with E-state index < -0.39 is 6.04 Å². The maximum atomic E-state index is 11.8. The number of hydrogen-bond acceptors (Lipinski definition) is 5. The molecule has 2 amide bonds. The Morgan fingerprint density at radius 2 is 2.05 bits per heavy atom. The molecule has 2 aromatic rings. The third-order valence-electron chi connectivity index (χ3n) is 3.43. The van der Waals surface area contributed by atoms with Crippen molar-refractivity contribution in [2.24, 2.45) is 0 Å². The van der Waals surface area contributed by atoms with E-state index in [0.717, 1.165) is 11.3 Å². The summed E-state index contributed by atoms with van der Waals surface area (Å²) in [4.78, 5) is 22.9. The van der Waals surface area contributed by atoms with Crippen LogP contribution in [0.25, 0.3) is 11.3 Å². The van der Waals surface area contributed by atoms with Crippen LogP contribution < -0.4 is 10.1 Å². The lowest BCUT2D eigenvalue weighted by Gasteiger charge is -2.20. The molecule has 108 valence electrons. The summed E-state index contributed by atoms with van der Waals surface area (Å²) in [6, 6.07) is 6.93. The molecule has 3 rings (SSSR count). The number of nitrogens with one attached hydrogen (secondary N) is 1. The molecule has 0 saturated carbocycles. The summed E-state index contributed by atoms with van der Waals surface area (Å²) in [6.45, 7) is 0. The van der Waals surface area contributed by atoms with E-state index in [4.69, 9.17) is 4.74 Å². The summed E-state index contributed by atoms with van der Waals surface area (Å²) < 4.78 is 6.60. The number of ether oxygens (including phenoxy) is 1. The maximum absolute atomic E-state index is 11.8. The first-order chi connectivity index (χ1) is 10.2. The molecular weight excluding hydrogens is 272 g/mol. The summed E-state index contributed by atoms with van der Waals surface area (Å²) in [6.07, 6.45) is 2.46. The number of imide groups is 1. The largest absolute Gasteiger partial charge is 0.497 e. The lowest BCUT2D eigenvalue weighted by atomic mass is 10.1. The van der Waals surface area contributed by atoms with Gasteiger partial charge in [0.1, 0.15) is 17.5 Å². The summed E-state index contributed by atoms with van der Waals surface area (Å²) in [5.41, 5.74) is 1.55. The van der Waals surface area contributed by atoms with Crippen LogP contribution in [0.15, 0.2) is 30.5 Å². The summed E-state index contributed by atoms with van der Waals surface area (Å²) in [5, 5.41) is 10.4. The van der Waals surface area contributed by atoms with Gasteiger partial charge in [-0.15, -0.1) is 5.10 Å². The first-order valence-electron chi connectivity index (χ1n) is 6.57. The van der Waals surface area contributed by atoms with Crippen LogP contribution in [0.5, 0.6) is 5.75 Å². The second-order valence-electron chi connectivity index (χ2n) is 4.78. The highest BCUT2D eigenvalue weighted by Crippen LogP contribution is 2.23. The Kier molecular flexibility index (Phi) is 3.39. The minimum Gasteiger partial charge on any atom is -0.497 e. The third-order valence-corrected chi connectivity index (χ3v) is 3.43. The molecule has 1 aliphatic rings. The van der Waals surface area contributed by atoms with Crippen molar-refractivity contribution in [2.75, 3.05) is 7.11 Å². The van der Waals surface area contributed by atoms with Crippen LogP contribution in [0.4, 0.5) is 0 Å². The van der Waals surface area contributed by atoms with Gasteiger partial charge in [0.2, 0.25) is 5.91 Å². The Labute approximate surface area is 120 Å². The van der Waals surface area contributed by atoms with Crippen molar-refractivity contribution in [1.82, 2.24) is 20.3 Å². The van der Waals surface area contributed by atoms with Crippen molar-refractivity contribution in [2.45, 2.75) is 18.9 Å². The second kappa shape index (κ2) is 5.35. The number of carbonyl (C=O) groups is 2. The van der Waals surface area contributed by atoms with E-state index in [-0.39, 0.29) is 11.8 Å². The van der Waals surface area contributed by atoms with Gasteiger partial charge in [-0.25, -0.2) is 4.68 Å². The molecule has 0 aliphatic carbocycles. The molecule has 1 saturated heterocycles. The molecule has 7 nitrogen and oxygen atoms in total. The summed E-state index contributed by atoms with van der Waals surface area (Å²) >= 11 is 0. The first kappa shape index (κ1) is 13.3. The smallest absolute Gasteiger partial charge is 0.251 e. The van der Waals surface area contributed by atoms with E-state index in [2.05, 4.69) is 15.6 Å². The quantitative estimate of drug-likeness (QED) is 0.848. The fraction of sp³-hybridized carbons (Fsp3) is 0.286. The zero-order valence-corrected chi connectivity index (χ0v) is 11.4. The van der Waals surface area contributed by atoms with Crippen molar-refractivity contribution < 1.29 is 14.3 Å². The highest BCUT2D eigenvalue weighted by Gasteiger charge is 2.29. The number of amides is 2. The number of rotatable bonds is 3. The van der Waals surface area contributed by atoms with Gasteiger partial charge in [-0.2, -0.15) is 0 Å². The Morgan fingerprint density at radius 1 is 1.29 bits per heavy atom. The highest BCUT2D eigenvalue weighted by atomic mass is 16.5. The monoisotopic (exact) mass is 286 g/mol. The molecule has 1 atom stereocenters. The van der Waals surface area contributed by atoms with E-state index in [9.17, 15) is 9.59 Å². The van der Waals surface area contributed by atoms with Crippen LogP contribution in [0, 0.1) is 0 Å². The van der Waals surface area contributed by atoms with Crippen molar-refractivity contribution in [1.29, 1.82) is 0 Å². The molecule has 2 heterocycles. The van der Waals surface area contributed by atoms with Crippen LogP contribution in [-0.4, -0.2) is 33.9 Å². The van der Waals surface area contributed by atoms with Gasteiger partial charge in [-0.05, 0) is 30.7 Å². The standard InChI is InChI=1S/C14H14N4O3/c1-21-10-4-2-9(3-5-10)11-8-18(17-16-11)12-6-7-13(19)15-14(12)20/h2-5,8,12H,6-7H2,1H3,(H,15,19,20). The molecule has 1 N–H and O–H groups in total. The molecule has 1 fully saturated rings. The van der Waals surface area contributed by atoms with Gasteiger partial charge in [0.25, 0.3) is 5.91 Å². The molecule has 1 unspecified atom stereocenters. The van der Waals surface area contributed by atoms with E-state index >= 15 is 0 Å². The summed E-state index contributed by atoms with van der Waals surface area (Å²) in [5.74, 6) is 0.181. The number of nitrogens with zero attached hydrogens (tertiary/aromatic N) is 3. The number of hydrogen-bond donors (Lipinski definition) is 1. The third kappa shape index (κ3) is 2.62. The topological polar surface area (TPSA) is 86.1 Å². The first-order valence-corrected chi connectivity index (χ1v) is 6.57. The predicted molar refractivity (Wildman–Crippen MR) is 73.4 cm³/mol. The van der Waals surface area contributed by atoms with Gasteiger partial charge in [-0.3, -0.25) is 14.9 Å². The van der Waals surface area contributed by atoms with Crippen LogP contribution in [-0.2, 0) is 9.59 Å². The number of carbonyl (C=O) groups excluding carboxylic acids is 2. The average Bonchev–Trinajstić information content (AvgIpc) is 2.97. The fourth-order valence-electron chi connectivity index (χ4n) is 2.26. The van der Waals surface area contributed by atoms with Crippen molar-refractivity contribution >= 4 is 11.8 Å². The SMILES string of the molecule is COc1ccc(-c2cn(C3CCC(=O)NC3=O)nn2)cc1. The summed E-state index contributed by atoms with van der Waals surface area (Å²) in [7, 11) is 1.61. The second-order valence-corrected chi connectivity index (χ2v) is 4.78. The lowest BCUT2D eigenvalue weighted by molar-refractivity contribution is -0.136. The van der Waals surface area contributed by atoms with Crippen molar-refractivity contribution in [3.8, 4) is 17.0 Å². The zero-order chi connectivity index (χ0) is 14.8. The number of aromatic nitrogens is 3. The molecule has 0 spiro atoms. The Bertz CT molecular complexity index is 678. The Hall–Kier alpha value is -2.70. The molecule has 0 bridgehead atoms. The molecule has 21 heavy (non-hydrogen) atoms. The lowest BCUT2D eigenvalue weighted by Crippen LogP contribution is -2.41. The molecule has 0 radical (unpaired) electrons. The predicted octanol–water partition coefficient (Wildman–Crippen LogP) is 0.931. The van der Waals surface area contributed by atoms with E-state index in [1.165, 1.54) is 4.68 Å². The van der Waals surface area contributed by atoms with Gasteiger partial charge in [-0.1, -0.05) is 5.21 Å². The fourth-order valence-corrected chi connectivity index (χ4v) is 2.26. The Morgan fingerprint density at radius 3 is 2.71 bits per heavy atom. The molecular formula is C14H14N4O3. The number of methoxy groups -OCH3 is 1. The molecule has 1 aromatic carbocycles. The minimum absolute atomic E-state index is 0.244. The van der Waals surface area contributed by atoms with E-state index in [1.807, 2.05) is 24.3 Å².